The van der Waals surface area contributed by atoms with Crippen molar-refractivity contribution < 1.29 is 9.53 Å². The van der Waals surface area contributed by atoms with Gasteiger partial charge in [-0.15, -0.1) is 0 Å². The molecule has 106 valence electrons. The first-order valence-electron chi connectivity index (χ1n) is 6.51. The van der Waals surface area contributed by atoms with Crippen LogP contribution in [0.4, 0.5) is 0 Å². The highest BCUT2D eigenvalue weighted by atomic mass is 16.5. The van der Waals surface area contributed by atoms with Gasteiger partial charge in [-0.25, -0.2) is 9.78 Å². The van der Waals surface area contributed by atoms with E-state index in [9.17, 15) is 4.79 Å². The zero-order valence-electron chi connectivity index (χ0n) is 11.8. The van der Waals surface area contributed by atoms with E-state index < -0.39 is 5.97 Å². The van der Waals surface area contributed by atoms with E-state index in [4.69, 9.17) is 4.74 Å². The maximum atomic E-state index is 12.1. The Hall–Kier alpha value is -2.76. The highest BCUT2D eigenvalue weighted by molar-refractivity contribution is 5.93. The molecule has 0 radical (unpaired) electrons. The lowest BCUT2D eigenvalue weighted by molar-refractivity contribution is 0.0467. The minimum atomic E-state index is -0.418. The van der Waals surface area contributed by atoms with E-state index in [1.165, 1.54) is 6.20 Å². The van der Waals surface area contributed by atoms with E-state index >= 15 is 0 Å². The number of hydrogen-bond donors (Lipinski definition) is 0. The van der Waals surface area contributed by atoms with E-state index in [1.807, 2.05) is 26.1 Å². The molecule has 0 fully saturated rings. The van der Waals surface area contributed by atoms with E-state index in [-0.39, 0.29) is 6.61 Å². The average molecular weight is 282 g/mol. The van der Waals surface area contributed by atoms with Crippen molar-refractivity contribution in [1.29, 1.82) is 0 Å². The fourth-order valence-electron chi connectivity index (χ4n) is 2.13. The van der Waals surface area contributed by atoms with Gasteiger partial charge in [-0.05, 0) is 25.1 Å². The largest absolute Gasteiger partial charge is 0.456 e. The molecule has 0 N–H and O–H groups in total. The van der Waals surface area contributed by atoms with Crippen molar-refractivity contribution in [3.05, 3.63) is 53.6 Å². The Labute approximate surface area is 121 Å². The van der Waals surface area contributed by atoms with Crippen molar-refractivity contribution in [2.45, 2.75) is 13.5 Å². The highest BCUT2D eigenvalue weighted by Crippen LogP contribution is 2.17. The molecule has 0 aliphatic heterocycles. The first kappa shape index (κ1) is 13.2. The molecular weight excluding hydrogens is 268 g/mol. The summed E-state index contributed by atoms with van der Waals surface area (Å²) in [5.41, 5.74) is 2.69. The molecule has 6 nitrogen and oxygen atoms in total. The lowest BCUT2D eigenvalue weighted by atomic mass is 10.2. The van der Waals surface area contributed by atoms with Gasteiger partial charge < -0.3 is 4.74 Å². The predicted molar refractivity (Wildman–Crippen MR) is 76.6 cm³/mol. The second-order valence-corrected chi connectivity index (χ2v) is 4.70. The fraction of sp³-hybridized carbons (Fsp3) is 0.200. The van der Waals surface area contributed by atoms with E-state index in [2.05, 4.69) is 15.1 Å². The zero-order valence-corrected chi connectivity index (χ0v) is 11.8. The Morgan fingerprint density at radius 1 is 1.33 bits per heavy atom. The molecule has 0 amide bonds. The Bertz CT molecular complexity index is 796. The van der Waals surface area contributed by atoms with Crippen molar-refractivity contribution in [3.63, 3.8) is 0 Å². The van der Waals surface area contributed by atoms with Crippen LogP contribution in [0.3, 0.4) is 0 Å². The van der Waals surface area contributed by atoms with Crippen LogP contribution < -0.4 is 0 Å². The highest BCUT2D eigenvalue weighted by Gasteiger charge is 2.13. The molecule has 6 heteroatoms. The van der Waals surface area contributed by atoms with Gasteiger partial charge in [0.15, 0.2) is 5.65 Å². The second kappa shape index (κ2) is 5.32. The number of nitrogens with zero attached hydrogens (tertiary/aromatic N) is 4. The standard InChI is InChI=1S/C15H14N4O2/c1-10-13-7-11(8-17-14(13)19(2)18-10)15(20)21-9-12-5-3-4-6-16-12/h3-8H,9H2,1-2H3. The average Bonchev–Trinajstić information content (AvgIpc) is 2.80. The third kappa shape index (κ3) is 2.60. The minimum Gasteiger partial charge on any atom is -0.456 e. The molecule has 0 aliphatic rings. The molecular formula is C15H14N4O2. The van der Waals surface area contributed by atoms with Gasteiger partial charge in [0, 0.05) is 24.8 Å². The Kier molecular flexibility index (Phi) is 3.35. The van der Waals surface area contributed by atoms with Crippen molar-refractivity contribution in [2.24, 2.45) is 7.05 Å². The molecule has 0 aromatic carbocycles. The van der Waals surface area contributed by atoms with Crippen LogP contribution in [0, 0.1) is 6.92 Å². The molecule has 3 heterocycles. The second-order valence-electron chi connectivity index (χ2n) is 4.70. The molecule has 21 heavy (non-hydrogen) atoms. The van der Waals surface area contributed by atoms with E-state index in [1.54, 1.807) is 23.0 Å². The van der Waals surface area contributed by atoms with Gasteiger partial charge in [-0.1, -0.05) is 6.07 Å². The van der Waals surface area contributed by atoms with Crippen molar-refractivity contribution in [2.75, 3.05) is 0 Å². The summed E-state index contributed by atoms with van der Waals surface area (Å²) < 4.78 is 6.93. The molecule has 0 atom stereocenters. The van der Waals surface area contributed by atoms with Crippen LogP contribution in [-0.2, 0) is 18.4 Å². The molecule has 0 saturated heterocycles. The van der Waals surface area contributed by atoms with Crippen LogP contribution >= 0.6 is 0 Å². The summed E-state index contributed by atoms with van der Waals surface area (Å²) in [5.74, 6) is -0.418. The van der Waals surface area contributed by atoms with Gasteiger partial charge in [0.25, 0.3) is 0 Å². The van der Waals surface area contributed by atoms with Crippen LogP contribution in [0.5, 0.6) is 0 Å². The van der Waals surface area contributed by atoms with Crippen molar-refractivity contribution in [3.8, 4) is 0 Å². The van der Waals surface area contributed by atoms with Gasteiger partial charge in [0.05, 0.1) is 17.0 Å². The lowest BCUT2D eigenvalue weighted by Gasteiger charge is -2.04. The minimum absolute atomic E-state index is 0.143. The van der Waals surface area contributed by atoms with Crippen LogP contribution in [0.25, 0.3) is 11.0 Å². The number of fused-ring (bicyclic) bond motifs is 1. The zero-order chi connectivity index (χ0) is 14.8. The molecule has 3 rings (SSSR count). The van der Waals surface area contributed by atoms with Gasteiger partial charge in [0.1, 0.15) is 6.61 Å². The predicted octanol–water partition coefficient (Wildman–Crippen LogP) is 2.03. The quantitative estimate of drug-likeness (QED) is 0.687. The van der Waals surface area contributed by atoms with Crippen LogP contribution in [0.2, 0.25) is 0 Å². The summed E-state index contributed by atoms with van der Waals surface area (Å²) in [6.07, 6.45) is 3.17. The number of pyridine rings is 2. The van der Waals surface area contributed by atoms with Crippen molar-refractivity contribution >= 4 is 17.0 Å². The topological polar surface area (TPSA) is 69.9 Å². The number of hydrogen-bond acceptors (Lipinski definition) is 5. The van der Waals surface area contributed by atoms with Gasteiger partial charge in [-0.3, -0.25) is 9.67 Å². The Morgan fingerprint density at radius 2 is 2.19 bits per heavy atom. The van der Waals surface area contributed by atoms with Crippen LogP contribution in [0.1, 0.15) is 21.7 Å². The molecule has 0 unspecified atom stereocenters. The van der Waals surface area contributed by atoms with Crippen molar-refractivity contribution in [1.82, 2.24) is 19.7 Å². The first-order valence-corrected chi connectivity index (χ1v) is 6.51. The van der Waals surface area contributed by atoms with Gasteiger partial charge >= 0.3 is 5.97 Å². The SMILES string of the molecule is Cc1nn(C)c2ncc(C(=O)OCc3ccccn3)cc12. The maximum Gasteiger partial charge on any atom is 0.340 e. The molecule has 3 aromatic rings. The van der Waals surface area contributed by atoms with E-state index in [0.717, 1.165) is 16.7 Å². The maximum absolute atomic E-state index is 12.1. The molecule has 0 saturated carbocycles. The van der Waals surface area contributed by atoms with E-state index in [0.29, 0.717) is 11.3 Å². The summed E-state index contributed by atoms with van der Waals surface area (Å²) >= 11 is 0. The monoisotopic (exact) mass is 282 g/mol. The molecule has 3 aromatic heterocycles. The number of rotatable bonds is 3. The number of carbonyl (C=O) groups excluding carboxylic acids is 1. The molecule has 0 bridgehead atoms. The molecule has 0 spiro atoms. The summed E-state index contributed by atoms with van der Waals surface area (Å²) in [5, 5.41) is 5.13. The summed E-state index contributed by atoms with van der Waals surface area (Å²) in [6, 6.07) is 7.22. The van der Waals surface area contributed by atoms with Gasteiger partial charge in [-0.2, -0.15) is 5.10 Å². The summed E-state index contributed by atoms with van der Waals surface area (Å²) in [4.78, 5) is 20.4. The Morgan fingerprint density at radius 3 is 2.95 bits per heavy atom. The van der Waals surface area contributed by atoms with Gasteiger partial charge in [0.2, 0.25) is 0 Å². The normalized spacial score (nSPS) is 10.8. The third-order valence-electron chi connectivity index (χ3n) is 3.18. The number of esters is 1. The summed E-state index contributed by atoms with van der Waals surface area (Å²) in [6.45, 7) is 2.02. The summed E-state index contributed by atoms with van der Waals surface area (Å²) in [7, 11) is 1.82. The fourth-order valence-corrected chi connectivity index (χ4v) is 2.13. The number of aromatic nitrogens is 4. The molecule has 0 aliphatic carbocycles. The van der Waals surface area contributed by atoms with Crippen LogP contribution in [-0.4, -0.2) is 25.7 Å². The third-order valence-corrected chi connectivity index (χ3v) is 3.18. The van der Waals surface area contributed by atoms with Crippen LogP contribution in [0.15, 0.2) is 36.7 Å². The number of aryl methyl sites for hydroxylation is 2. The smallest absolute Gasteiger partial charge is 0.340 e. The number of ether oxygens (including phenoxy) is 1. The first-order chi connectivity index (χ1) is 10.1. The Balaban J connectivity index is 1.80. The lowest BCUT2D eigenvalue weighted by Crippen LogP contribution is -2.06. The number of carbonyl (C=O) groups is 1.